The highest BCUT2D eigenvalue weighted by atomic mass is 32.2. The van der Waals surface area contributed by atoms with Crippen molar-refractivity contribution < 1.29 is 8.42 Å². The second kappa shape index (κ2) is 5.14. The zero-order chi connectivity index (χ0) is 14.0. The molecular formula is C11H14N4O2S2. The zero-order valence-electron chi connectivity index (χ0n) is 10.5. The van der Waals surface area contributed by atoms with Crippen LogP contribution in [0.4, 0.5) is 10.8 Å². The Bertz CT molecular complexity index is 667. The molecule has 0 spiro atoms. The predicted octanol–water partition coefficient (Wildman–Crippen LogP) is 1.70. The molecule has 3 N–H and O–H groups in total. The topological polar surface area (TPSA) is 98.0 Å². The number of aromatic nitrogens is 2. The molecule has 0 amide bonds. The van der Waals surface area contributed by atoms with Gasteiger partial charge in [-0.05, 0) is 36.2 Å². The van der Waals surface area contributed by atoms with Gasteiger partial charge in [0.1, 0.15) is 9.90 Å². The highest BCUT2D eigenvalue weighted by Crippen LogP contribution is 2.33. The molecule has 0 radical (unpaired) electrons. The lowest BCUT2D eigenvalue weighted by molar-refractivity contribution is 0.602. The minimum atomic E-state index is -3.40. The van der Waals surface area contributed by atoms with Crippen molar-refractivity contribution in [3.8, 4) is 0 Å². The third-order valence-electron chi connectivity index (χ3n) is 2.60. The van der Waals surface area contributed by atoms with Crippen LogP contribution < -0.4 is 11.1 Å². The van der Waals surface area contributed by atoms with E-state index in [0.717, 1.165) is 23.4 Å². The Labute approximate surface area is 115 Å². The number of nitrogens with zero attached hydrogens (tertiary/aromatic N) is 2. The van der Waals surface area contributed by atoms with E-state index in [4.69, 9.17) is 5.73 Å². The van der Waals surface area contributed by atoms with Crippen LogP contribution in [0.3, 0.4) is 0 Å². The average molecular weight is 298 g/mol. The summed E-state index contributed by atoms with van der Waals surface area (Å²) in [6.45, 7) is 1.93. The Morgan fingerprint density at radius 2 is 2.00 bits per heavy atom. The van der Waals surface area contributed by atoms with Crippen LogP contribution in [0.5, 0.6) is 0 Å². The van der Waals surface area contributed by atoms with Crippen LogP contribution in [-0.4, -0.2) is 24.0 Å². The van der Waals surface area contributed by atoms with Gasteiger partial charge in [-0.15, -0.1) is 0 Å². The first-order valence-electron chi connectivity index (χ1n) is 5.51. The maximum atomic E-state index is 11.7. The van der Waals surface area contributed by atoms with Crippen LogP contribution in [0.15, 0.2) is 29.4 Å². The third kappa shape index (κ3) is 3.02. The molecule has 0 aliphatic carbocycles. The van der Waals surface area contributed by atoms with E-state index in [1.165, 1.54) is 0 Å². The number of nitrogen functional groups attached to an aromatic ring is 1. The lowest BCUT2D eigenvalue weighted by Gasteiger charge is -2.14. The highest BCUT2D eigenvalue weighted by molar-refractivity contribution is 7.91. The van der Waals surface area contributed by atoms with Crippen LogP contribution >= 0.6 is 11.5 Å². The van der Waals surface area contributed by atoms with Gasteiger partial charge in [0.05, 0.1) is 0 Å². The van der Waals surface area contributed by atoms with E-state index >= 15 is 0 Å². The predicted molar refractivity (Wildman–Crippen MR) is 75.9 cm³/mol. The van der Waals surface area contributed by atoms with Crippen molar-refractivity contribution in [1.29, 1.82) is 0 Å². The van der Waals surface area contributed by atoms with Gasteiger partial charge in [0.25, 0.3) is 0 Å². The molecule has 2 aromatic heterocycles. The fourth-order valence-corrected chi connectivity index (χ4v) is 3.82. The van der Waals surface area contributed by atoms with Crippen LogP contribution in [0.1, 0.15) is 18.5 Å². The largest absolute Gasteiger partial charge is 0.382 e. The third-order valence-corrected chi connectivity index (χ3v) is 4.68. The van der Waals surface area contributed by atoms with Gasteiger partial charge in [0.2, 0.25) is 0 Å². The fraction of sp³-hybridized carbons (Fsp3) is 0.273. The van der Waals surface area contributed by atoms with Gasteiger partial charge in [-0.1, -0.05) is 0 Å². The molecule has 2 rings (SSSR count). The quantitative estimate of drug-likeness (QED) is 0.891. The molecule has 2 heterocycles. The lowest BCUT2D eigenvalue weighted by atomic mass is 10.1. The Kier molecular flexibility index (Phi) is 3.72. The molecule has 0 saturated heterocycles. The monoisotopic (exact) mass is 298 g/mol. The Morgan fingerprint density at radius 1 is 1.37 bits per heavy atom. The first-order valence-corrected chi connectivity index (χ1v) is 8.17. The molecule has 0 aliphatic heterocycles. The second-order valence-corrected chi connectivity index (χ2v) is 6.87. The summed E-state index contributed by atoms with van der Waals surface area (Å²) in [5.74, 6) is 0.0388. The van der Waals surface area contributed by atoms with Crippen LogP contribution in [0.2, 0.25) is 0 Å². The van der Waals surface area contributed by atoms with Gasteiger partial charge >= 0.3 is 0 Å². The maximum absolute atomic E-state index is 11.7. The summed E-state index contributed by atoms with van der Waals surface area (Å²) in [5, 5.41) is 3.59. The molecule has 1 unspecified atom stereocenters. The van der Waals surface area contributed by atoms with Gasteiger partial charge in [-0.2, -0.15) is 4.37 Å². The van der Waals surface area contributed by atoms with Gasteiger partial charge in [-0.25, -0.2) is 8.42 Å². The number of nitrogens with two attached hydrogens (primary N) is 1. The number of hydrogen-bond acceptors (Lipinski definition) is 7. The van der Waals surface area contributed by atoms with Crippen molar-refractivity contribution >= 4 is 32.2 Å². The summed E-state index contributed by atoms with van der Waals surface area (Å²) in [6, 6.07) is 3.66. The molecular weight excluding hydrogens is 284 g/mol. The Morgan fingerprint density at radius 3 is 2.58 bits per heavy atom. The summed E-state index contributed by atoms with van der Waals surface area (Å²) < 4.78 is 27.3. The van der Waals surface area contributed by atoms with E-state index in [9.17, 15) is 8.42 Å². The van der Waals surface area contributed by atoms with E-state index in [0.29, 0.717) is 5.00 Å². The summed E-state index contributed by atoms with van der Waals surface area (Å²) in [5.41, 5.74) is 6.61. The highest BCUT2D eigenvalue weighted by Gasteiger charge is 2.22. The summed E-state index contributed by atoms with van der Waals surface area (Å²) in [4.78, 5) is 4.01. The number of hydrogen-bond donors (Lipinski definition) is 2. The maximum Gasteiger partial charge on any atom is 0.182 e. The number of anilines is 2. The van der Waals surface area contributed by atoms with Gasteiger partial charge in [0.15, 0.2) is 15.7 Å². The standard InChI is InChI=1S/C11H14N4O2S2/c1-7(8-3-5-13-6-4-8)14-11-9(19(2,16)17)10(12)15-18-11/h3-7,14H,1-2H3,(H2,12,15). The minimum absolute atomic E-state index is 0.0388. The number of nitrogens with one attached hydrogen (secondary N) is 1. The first-order chi connectivity index (χ1) is 8.89. The lowest BCUT2D eigenvalue weighted by Crippen LogP contribution is -2.09. The molecule has 0 saturated carbocycles. The van der Waals surface area contributed by atoms with E-state index in [-0.39, 0.29) is 16.8 Å². The fourth-order valence-electron chi connectivity index (χ4n) is 1.68. The van der Waals surface area contributed by atoms with Crippen LogP contribution in [0.25, 0.3) is 0 Å². The smallest absolute Gasteiger partial charge is 0.182 e. The molecule has 102 valence electrons. The van der Waals surface area contributed by atoms with Gasteiger partial charge < -0.3 is 11.1 Å². The average Bonchev–Trinajstić information content (AvgIpc) is 2.71. The van der Waals surface area contributed by atoms with Crippen molar-refractivity contribution in [1.82, 2.24) is 9.36 Å². The van der Waals surface area contributed by atoms with Gasteiger partial charge in [-0.3, -0.25) is 4.98 Å². The molecule has 6 nitrogen and oxygen atoms in total. The number of sulfone groups is 1. The molecule has 0 aliphatic rings. The summed E-state index contributed by atoms with van der Waals surface area (Å²) in [6.07, 6.45) is 4.49. The summed E-state index contributed by atoms with van der Waals surface area (Å²) in [7, 11) is -3.40. The van der Waals surface area contributed by atoms with Crippen molar-refractivity contribution in [2.24, 2.45) is 0 Å². The van der Waals surface area contributed by atoms with Gasteiger partial charge in [0, 0.05) is 24.7 Å². The van der Waals surface area contributed by atoms with E-state index in [1.807, 2.05) is 19.1 Å². The zero-order valence-corrected chi connectivity index (χ0v) is 12.1. The Hall–Kier alpha value is -1.67. The Balaban J connectivity index is 2.31. The SMILES string of the molecule is CC(Nc1snc(N)c1S(C)(=O)=O)c1ccncc1. The molecule has 0 aromatic carbocycles. The van der Waals surface area contributed by atoms with Crippen molar-refractivity contribution in [2.75, 3.05) is 17.3 Å². The van der Waals surface area contributed by atoms with E-state index in [2.05, 4.69) is 14.7 Å². The first kappa shape index (κ1) is 13.8. The molecule has 0 fully saturated rings. The van der Waals surface area contributed by atoms with Crippen LogP contribution in [-0.2, 0) is 9.84 Å². The molecule has 2 aromatic rings. The summed E-state index contributed by atoms with van der Waals surface area (Å²) >= 11 is 1.05. The molecule has 8 heteroatoms. The number of rotatable bonds is 4. The molecule has 0 bridgehead atoms. The normalized spacial score (nSPS) is 13.2. The van der Waals surface area contributed by atoms with E-state index < -0.39 is 9.84 Å². The molecule has 19 heavy (non-hydrogen) atoms. The van der Waals surface area contributed by atoms with E-state index in [1.54, 1.807) is 12.4 Å². The molecule has 1 atom stereocenters. The van der Waals surface area contributed by atoms with Crippen molar-refractivity contribution in [3.05, 3.63) is 30.1 Å². The number of pyridine rings is 1. The second-order valence-electron chi connectivity index (χ2n) is 4.14. The van der Waals surface area contributed by atoms with Crippen LogP contribution in [0, 0.1) is 0 Å². The minimum Gasteiger partial charge on any atom is -0.382 e. The van der Waals surface area contributed by atoms with Crippen molar-refractivity contribution in [3.63, 3.8) is 0 Å². The van der Waals surface area contributed by atoms with Crippen molar-refractivity contribution in [2.45, 2.75) is 17.9 Å².